The van der Waals surface area contributed by atoms with Gasteiger partial charge in [0.1, 0.15) is 6.10 Å². The van der Waals surface area contributed by atoms with Crippen LogP contribution in [0.25, 0.3) is 0 Å². The molecule has 1 saturated heterocycles. The zero-order valence-corrected chi connectivity index (χ0v) is 16.7. The maximum Gasteiger partial charge on any atom is 0.523 e. The van der Waals surface area contributed by atoms with Crippen molar-refractivity contribution >= 4 is 21.7 Å². The molecule has 0 amide bonds. The lowest BCUT2D eigenvalue weighted by molar-refractivity contribution is -0.0536. The Kier molecular flexibility index (Phi) is 6.68. The highest BCUT2D eigenvalue weighted by molar-refractivity contribution is 7.87. The molecule has 29 heavy (non-hydrogen) atoms. The third kappa shape index (κ3) is 5.39. The average molecular weight is 447 g/mol. The molecular weight excluding hydrogens is 429 g/mol. The molecule has 2 aromatic carbocycles. The number of hydrogen-bond donors (Lipinski definition) is 0. The van der Waals surface area contributed by atoms with Crippen molar-refractivity contribution in [2.45, 2.75) is 30.6 Å². The van der Waals surface area contributed by atoms with E-state index >= 15 is 0 Å². The van der Waals surface area contributed by atoms with Crippen LogP contribution >= 0.6 is 11.6 Å². The van der Waals surface area contributed by atoms with E-state index in [9.17, 15) is 21.6 Å². The second-order valence-corrected chi connectivity index (χ2v) is 8.51. The van der Waals surface area contributed by atoms with Gasteiger partial charge in [-0.1, -0.05) is 60.1 Å². The lowest BCUT2D eigenvalue weighted by Crippen LogP contribution is -2.26. The fraction of sp³-hybridized carbons (Fsp3) is 0.300. The number of hydrogen-bond acceptors (Lipinski definition) is 4. The van der Waals surface area contributed by atoms with Gasteiger partial charge in [-0.25, -0.2) is 0 Å². The van der Waals surface area contributed by atoms with Crippen LogP contribution in [0.5, 0.6) is 0 Å². The molecule has 0 spiro atoms. The molecule has 2 atom stereocenters. The van der Waals surface area contributed by atoms with Gasteiger partial charge in [0.15, 0.2) is 0 Å². The largest absolute Gasteiger partial charge is 0.523 e. The van der Waals surface area contributed by atoms with Crippen LogP contribution in [0, 0.1) is 0 Å². The topological polar surface area (TPSA) is 52.6 Å². The number of alkyl halides is 3. The zero-order chi connectivity index (χ0) is 21.1. The summed E-state index contributed by atoms with van der Waals surface area (Å²) < 4.78 is 69.9. The SMILES string of the molecule is O=S(=O)(OCC=C1CCC(c2ccccc2)OC1c1ccc(Cl)cc1)C(F)(F)F. The van der Waals surface area contributed by atoms with Crippen molar-refractivity contribution in [3.8, 4) is 0 Å². The molecule has 156 valence electrons. The summed E-state index contributed by atoms with van der Waals surface area (Å²) in [5.41, 5.74) is -3.05. The molecular formula is C20H18ClF3O4S. The molecule has 0 N–H and O–H groups in total. The summed E-state index contributed by atoms with van der Waals surface area (Å²) in [6, 6.07) is 16.5. The van der Waals surface area contributed by atoms with Gasteiger partial charge < -0.3 is 4.74 Å². The molecule has 9 heteroatoms. The molecule has 0 saturated carbocycles. The third-order valence-corrected chi connectivity index (χ3v) is 5.79. The molecule has 2 unspecified atom stereocenters. The van der Waals surface area contributed by atoms with Crippen molar-refractivity contribution in [1.29, 1.82) is 0 Å². The zero-order valence-electron chi connectivity index (χ0n) is 15.1. The fourth-order valence-electron chi connectivity index (χ4n) is 3.10. The first kappa shape index (κ1) is 21.8. The first-order valence-electron chi connectivity index (χ1n) is 8.78. The molecule has 3 rings (SSSR count). The van der Waals surface area contributed by atoms with Gasteiger partial charge in [-0.2, -0.15) is 21.6 Å². The highest BCUT2D eigenvalue weighted by Gasteiger charge is 2.47. The van der Waals surface area contributed by atoms with Gasteiger partial charge in [0.2, 0.25) is 0 Å². The second-order valence-electron chi connectivity index (χ2n) is 6.47. The van der Waals surface area contributed by atoms with Crippen LogP contribution < -0.4 is 0 Å². The van der Waals surface area contributed by atoms with Gasteiger partial charge in [0, 0.05) is 5.02 Å². The molecule has 1 aliphatic rings. The maximum atomic E-state index is 12.4. The van der Waals surface area contributed by atoms with E-state index < -0.39 is 28.3 Å². The van der Waals surface area contributed by atoms with Gasteiger partial charge >= 0.3 is 15.6 Å². The summed E-state index contributed by atoms with van der Waals surface area (Å²) >= 11 is 5.94. The summed E-state index contributed by atoms with van der Waals surface area (Å²) in [6.45, 7) is -0.722. The van der Waals surface area contributed by atoms with E-state index in [4.69, 9.17) is 16.3 Å². The van der Waals surface area contributed by atoms with Crippen LogP contribution in [0.4, 0.5) is 13.2 Å². The summed E-state index contributed by atoms with van der Waals surface area (Å²) in [5.74, 6) is 0. The summed E-state index contributed by atoms with van der Waals surface area (Å²) in [6.07, 6.45) is 1.70. The van der Waals surface area contributed by atoms with E-state index in [2.05, 4.69) is 4.18 Å². The molecule has 0 aliphatic carbocycles. The van der Waals surface area contributed by atoms with Gasteiger partial charge in [0.05, 0.1) is 12.7 Å². The molecule has 1 fully saturated rings. The molecule has 0 radical (unpaired) electrons. The van der Waals surface area contributed by atoms with Crippen molar-refractivity contribution in [3.63, 3.8) is 0 Å². The van der Waals surface area contributed by atoms with Crippen molar-refractivity contribution < 1.29 is 30.5 Å². The van der Waals surface area contributed by atoms with Gasteiger partial charge in [-0.3, -0.25) is 4.18 Å². The fourth-order valence-corrected chi connectivity index (χ4v) is 3.61. The first-order valence-corrected chi connectivity index (χ1v) is 10.6. The third-order valence-electron chi connectivity index (χ3n) is 4.53. The van der Waals surface area contributed by atoms with Crippen LogP contribution in [0.15, 0.2) is 66.2 Å². The van der Waals surface area contributed by atoms with E-state index in [0.717, 1.165) is 11.1 Å². The number of benzene rings is 2. The quantitative estimate of drug-likeness (QED) is 0.334. The smallest absolute Gasteiger partial charge is 0.361 e. The monoisotopic (exact) mass is 446 g/mol. The minimum atomic E-state index is -5.64. The summed E-state index contributed by atoms with van der Waals surface area (Å²) in [5, 5.41) is 0.536. The van der Waals surface area contributed by atoms with Crippen LogP contribution in [0.2, 0.25) is 5.02 Å². The Morgan fingerprint density at radius 3 is 2.34 bits per heavy atom. The Morgan fingerprint density at radius 1 is 1.07 bits per heavy atom. The maximum absolute atomic E-state index is 12.4. The molecule has 2 aromatic rings. The summed E-state index contributed by atoms with van der Waals surface area (Å²) in [4.78, 5) is 0. The molecule has 1 aliphatic heterocycles. The van der Waals surface area contributed by atoms with Crippen molar-refractivity contribution in [2.75, 3.05) is 6.61 Å². The van der Waals surface area contributed by atoms with E-state index in [1.807, 2.05) is 30.3 Å². The molecule has 1 heterocycles. The highest BCUT2D eigenvalue weighted by atomic mass is 35.5. The average Bonchev–Trinajstić information content (AvgIpc) is 2.68. The van der Waals surface area contributed by atoms with Crippen LogP contribution in [-0.2, 0) is 19.0 Å². The van der Waals surface area contributed by atoms with Crippen molar-refractivity contribution in [1.82, 2.24) is 0 Å². The summed E-state index contributed by atoms with van der Waals surface area (Å²) in [7, 11) is -5.64. The standard InChI is InChI=1S/C20H18ClF3O4S/c21-17-9-6-15(7-10-17)19-16(12-13-27-29(25,26)20(22,23)24)8-11-18(28-19)14-4-2-1-3-5-14/h1-7,9-10,12,18-19H,8,11,13H2. The lowest BCUT2D eigenvalue weighted by atomic mass is 9.90. The number of ether oxygens (including phenoxy) is 1. The molecule has 0 bridgehead atoms. The Hall–Kier alpha value is -1.87. The molecule has 4 nitrogen and oxygen atoms in total. The predicted octanol–water partition coefficient (Wildman–Crippen LogP) is 5.73. The van der Waals surface area contributed by atoms with Crippen LogP contribution in [0.3, 0.4) is 0 Å². The van der Waals surface area contributed by atoms with Crippen LogP contribution in [0.1, 0.15) is 36.2 Å². The minimum Gasteiger partial charge on any atom is -0.361 e. The Labute approximate surface area is 172 Å². The van der Waals surface area contributed by atoms with E-state index in [1.165, 1.54) is 6.08 Å². The van der Waals surface area contributed by atoms with E-state index in [1.54, 1.807) is 24.3 Å². The van der Waals surface area contributed by atoms with Crippen LogP contribution in [-0.4, -0.2) is 20.5 Å². The van der Waals surface area contributed by atoms with Gasteiger partial charge in [-0.05, 0) is 41.7 Å². The van der Waals surface area contributed by atoms with Crippen molar-refractivity contribution in [3.05, 3.63) is 82.4 Å². The molecule has 0 aromatic heterocycles. The Bertz CT molecular complexity index is 957. The second kappa shape index (κ2) is 8.87. The Balaban J connectivity index is 1.82. The Morgan fingerprint density at radius 2 is 1.72 bits per heavy atom. The highest BCUT2D eigenvalue weighted by Crippen LogP contribution is 2.42. The van der Waals surface area contributed by atoms with Crippen molar-refractivity contribution in [2.24, 2.45) is 0 Å². The van der Waals surface area contributed by atoms with Gasteiger partial charge in [0.25, 0.3) is 0 Å². The van der Waals surface area contributed by atoms with Gasteiger partial charge in [-0.15, -0.1) is 0 Å². The number of rotatable bonds is 5. The first-order chi connectivity index (χ1) is 13.7. The predicted molar refractivity (Wildman–Crippen MR) is 103 cm³/mol. The van der Waals surface area contributed by atoms with E-state index in [0.29, 0.717) is 23.4 Å². The minimum absolute atomic E-state index is 0.200. The van der Waals surface area contributed by atoms with E-state index in [-0.39, 0.29) is 6.10 Å². The number of halogens is 4. The lowest BCUT2D eigenvalue weighted by Gasteiger charge is -2.33. The normalized spacial score (nSPS) is 22.0.